The molecule has 0 heterocycles. The van der Waals surface area contributed by atoms with Crippen LogP contribution in [0.1, 0.15) is 26.2 Å². The standard InChI is InChI=1S/C12H22N2O4/c1-9(11(15)16)7-14-12(17)13-5-2-6-18-8-10-3-4-10/h9-10H,2-8H2,1H3,(H,15,16)(H2,13,14,17). The summed E-state index contributed by atoms with van der Waals surface area (Å²) in [6.45, 7) is 3.72. The number of urea groups is 1. The first-order valence-corrected chi connectivity index (χ1v) is 6.42. The zero-order valence-corrected chi connectivity index (χ0v) is 10.8. The van der Waals surface area contributed by atoms with Crippen molar-refractivity contribution in [3.63, 3.8) is 0 Å². The lowest BCUT2D eigenvalue weighted by Crippen LogP contribution is -2.39. The maximum absolute atomic E-state index is 11.3. The molecule has 1 saturated carbocycles. The van der Waals surface area contributed by atoms with Crippen LogP contribution in [0.15, 0.2) is 0 Å². The topological polar surface area (TPSA) is 87.7 Å². The molecular weight excluding hydrogens is 236 g/mol. The number of carboxylic acid groups (broad SMARTS) is 1. The third kappa shape index (κ3) is 7.11. The zero-order valence-electron chi connectivity index (χ0n) is 10.8. The van der Waals surface area contributed by atoms with Crippen LogP contribution in [0.2, 0.25) is 0 Å². The molecule has 104 valence electrons. The van der Waals surface area contributed by atoms with Gasteiger partial charge in [0.05, 0.1) is 5.92 Å². The monoisotopic (exact) mass is 258 g/mol. The van der Waals surface area contributed by atoms with E-state index in [1.807, 2.05) is 0 Å². The van der Waals surface area contributed by atoms with Gasteiger partial charge in [-0.3, -0.25) is 4.79 Å². The first kappa shape index (κ1) is 14.8. The molecule has 0 aliphatic heterocycles. The molecule has 0 bridgehead atoms. The lowest BCUT2D eigenvalue weighted by atomic mass is 10.2. The highest BCUT2D eigenvalue weighted by atomic mass is 16.5. The van der Waals surface area contributed by atoms with Crippen LogP contribution in [0.4, 0.5) is 4.79 Å². The molecule has 0 saturated heterocycles. The minimum absolute atomic E-state index is 0.138. The number of carbonyl (C=O) groups is 2. The van der Waals surface area contributed by atoms with E-state index in [9.17, 15) is 9.59 Å². The van der Waals surface area contributed by atoms with Gasteiger partial charge in [0.25, 0.3) is 0 Å². The van der Waals surface area contributed by atoms with Crippen LogP contribution in [-0.2, 0) is 9.53 Å². The lowest BCUT2D eigenvalue weighted by Gasteiger charge is -2.09. The molecule has 0 aromatic rings. The predicted octanol–water partition coefficient (Wildman–Crippen LogP) is 0.823. The molecule has 0 spiro atoms. The lowest BCUT2D eigenvalue weighted by molar-refractivity contribution is -0.140. The van der Waals surface area contributed by atoms with E-state index >= 15 is 0 Å². The molecule has 3 N–H and O–H groups in total. The van der Waals surface area contributed by atoms with Crippen molar-refractivity contribution in [1.82, 2.24) is 10.6 Å². The zero-order chi connectivity index (χ0) is 13.4. The van der Waals surface area contributed by atoms with Crippen LogP contribution in [0, 0.1) is 11.8 Å². The Balaban J connectivity index is 1.87. The number of ether oxygens (including phenoxy) is 1. The van der Waals surface area contributed by atoms with Gasteiger partial charge in [0.15, 0.2) is 0 Å². The fourth-order valence-corrected chi connectivity index (χ4v) is 1.31. The molecule has 0 radical (unpaired) electrons. The fraction of sp³-hybridized carbons (Fsp3) is 0.833. The van der Waals surface area contributed by atoms with Crippen LogP contribution in [0.3, 0.4) is 0 Å². The Morgan fingerprint density at radius 1 is 1.39 bits per heavy atom. The molecule has 1 aliphatic carbocycles. The summed E-state index contributed by atoms with van der Waals surface area (Å²) in [5.41, 5.74) is 0. The number of amides is 2. The normalized spacial score (nSPS) is 16.1. The average molecular weight is 258 g/mol. The van der Waals surface area contributed by atoms with Gasteiger partial charge >= 0.3 is 12.0 Å². The number of aliphatic carboxylic acids is 1. The van der Waals surface area contributed by atoms with Crippen molar-refractivity contribution in [2.75, 3.05) is 26.3 Å². The molecule has 1 aliphatic rings. The first-order valence-electron chi connectivity index (χ1n) is 6.42. The number of carbonyl (C=O) groups excluding carboxylic acids is 1. The Hall–Kier alpha value is -1.30. The second-order valence-corrected chi connectivity index (χ2v) is 4.75. The van der Waals surface area contributed by atoms with Gasteiger partial charge < -0.3 is 20.5 Å². The highest BCUT2D eigenvalue weighted by molar-refractivity contribution is 5.75. The van der Waals surface area contributed by atoms with Gasteiger partial charge in [-0.25, -0.2) is 4.79 Å². The van der Waals surface area contributed by atoms with E-state index in [0.717, 1.165) is 18.9 Å². The average Bonchev–Trinajstić information content (AvgIpc) is 3.14. The summed E-state index contributed by atoms with van der Waals surface area (Å²) in [4.78, 5) is 21.8. The molecule has 1 rings (SSSR count). The summed E-state index contributed by atoms with van der Waals surface area (Å²) in [5, 5.41) is 13.8. The van der Waals surface area contributed by atoms with Crippen LogP contribution < -0.4 is 10.6 Å². The minimum atomic E-state index is -0.913. The summed E-state index contributed by atoms with van der Waals surface area (Å²) >= 11 is 0. The van der Waals surface area contributed by atoms with E-state index < -0.39 is 11.9 Å². The third-order valence-electron chi connectivity index (χ3n) is 2.79. The van der Waals surface area contributed by atoms with Gasteiger partial charge in [-0.05, 0) is 25.2 Å². The van der Waals surface area contributed by atoms with Crippen LogP contribution in [-0.4, -0.2) is 43.4 Å². The Kier molecular flexibility index (Phi) is 6.49. The minimum Gasteiger partial charge on any atom is -0.481 e. The molecule has 6 heteroatoms. The molecule has 0 aromatic heterocycles. The second-order valence-electron chi connectivity index (χ2n) is 4.75. The van der Waals surface area contributed by atoms with Crippen LogP contribution >= 0.6 is 0 Å². The summed E-state index contributed by atoms with van der Waals surface area (Å²) in [6, 6.07) is -0.328. The number of rotatable bonds is 9. The van der Waals surface area contributed by atoms with E-state index in [0.29, 0.717) is 13.2 Å². The van der Waals surface area contributed by atoms with Crippen molar-refractivity contribution in [1.29, 1.82) is 0 Å². The summed E-state index contributed by atoms with van der Waals surface area (Å²) < 4.78 is 5.42. The Labute approximate surface area is 107 Å². The van der Waals surface area contributed by atoms with E-state index in [4.69, 9.17) is 9.84 Å². The van der Waals surface area contributed by atoms with E-state index in [-0.39, 0.29) is 12.6 Å². The smallest absolute Gasteiger partial charge is 0.314 e. The van der Waals surface area contributed by atoms with E-state index in [1.165, 1.54) is 12.8 Å². The maximum Gasteiger partial charge on any atom is 0.314 e. The predicted molar refractivity (Wildman–Crippen MR) is 66.4 cm³/mol. The molecule has 2 amide bonds. The highest BCUT2D eigenvalue weighted by Crippen LogP contribution is 2.28. The van der Waals surface area contributed by atoms with Crippen molar-refractivity contribution in [3.8, 4) is 0 Å². The summed E-state index contributed by atoms with van der Waals surface area (Å²) in [6.07, 6.45) is 3.33. The molecule has 18 heavy (non-hydrogen) atoms. The summed E-state index contributed by atoms with van der Waals surface area (Å²) in [5.74, 6) is -0.722. The highest BCUT2D eigenvalue weighted by Gasteiger charge is 2.20. The van der Waals surface area contributed by atoms with Crippen molar-refractivity contribution >= 4 is 12.0 Å². The quantitative estimate of drug-likeness (QED) is 0.534. The largest absolute Gasteiger partial charge is 0.481 e. The van der Waals surface area contributed by atoms with Crippen molar-refractivity contribution in [2.45, 2.75) is 26.2 Å². The Morgan fingerprint density at radius 3 is 2.72 bits per heavy atom. The number of nitrogens with one attached hydrogen (secondary N) is 2. The van der Waals surface area contributed by atoms with E-state index in [2.05, 4.69) is 10.6 Å². The summed E-state index contributed by atoms with van der Waals surface area (Å²) in [7, 11) is 0. The Morgan fingerprint density at radius 2 is 2.11 bits per heavy atom. The molecule has 1 fully saturated rings. The molecule has 6 nitrogen and oxygen atoms in total. The number of hydrogen-bond donors (Lipinski definition) is 3. The SMILES string of the molecule is CC(CNC(=O)NCCCOCC1CC1)C(=O)O. The Bertz CT molecular complexity index is 279. The molecular formula is C12H22N2O4. The van der Waals surface area contributed by atoms with E-state index in [1.54, 1.807) is 6.92 Å². The van der Waals surface area contributed by atoms with Crippen LogP contribution in [0.25, 0.3) is 0 Å². The van der Waals surface area contributed by atoms with Gasteiger partial charge in [0.1, 0.15) is 0 Å². The van der Waals surface area contributed by atoms with Crippen molar-refractivity contribution < 1.29 is 19.4 Å². The van der Waals surface area contributed by atoms with Crippen molar-refractivity contribution in [3.05, 3.63) is 0 Å². The first-order chi connectivity index (χ1) is 8.59. The maximum atomic E-state index is 11.3. The number of hydrogen-bond acceptors (Lipinski definition) is 3. The number of carboxylic acids is 1. The van der Waals surface area contributed by atoms with Gasteiger partial charge in [-0.2, -0.15) is 0 Å². The van der Waals surface area contributed by atoms with Crippen LogP contribution in [0.5, 0.6) is 0 Å². The third-order valence-corrected chi connectivity index (χ3v) is 2.79. The van der Waals surface area contributed by atoms with Gasteiger partial charge in [-0.15, -0.1) is 0 Å². The van der Waals surface area contributed by atoms with Gasteiger partial charge in [0, 0.05) is 26.3 Å². The molecule has 0 aromatic carbocycles. The fourth-order valence-electron chi connectivity index (χ4n) is 1.31. The molecule has 1 atom stereocenters. The van der Waals surface area contributed by atoms with Crippen molar-refractivity contribution in [2.24, 2.45) is 11.8 Å². The molecule has 1 unspecified atom stereocenters. The van der Waals surface area contributed by atoms with Gasteiger partial charge in [0.2, 0.25) is 0 Å². The second kappa shape index (κ2) is 7.92. The van der Waals surface area contributed by atoms with Gasteiger partial charge in [-0.1, -0.05) is 6.92 Å².